The number of hydrogen-bond donors (Lipinski definition) is 0. The fraction of sp³-hybridized carbons (Fsp3) is 0.312. The molecule has 2 aliphatic rings. The zero-order valence-electron chi connectivity index (χ0n) is 22.4. The van der Waals surface area contributed by atoms with Gasteiger partial charge in [0.05, 0.1) is 12.1 Å². The Morgan fingerprint density at radius 2 is 1.34 bits per heavy atom. The molecule has 4 aromatic rings. The number of rotatable bonds is 5. The van der Waals surface area contributed by atoms with Gasteiger partial charge in [0, 0.05) is 0 Å². The molecule has 4 aromatic carbocycles. The van der Waals surface area contributed by atoms with Crippen molar-refractivity contribution >= 4 is 11.8 Å². The van der Waals surface area contributed by atoms with Gasteiger partial charge in [-0.1, -0.05) is 33.3 Å². The quantitative estimate of drug-likeness (QED) is 0.182. The second kappa shape index (κ2) is 15.7. The molecule has 0 aromatic heterocycles. The van der Waals surface area contributed by atoms with Crippen molar-refractivity contribution in [3.63, 3.8) is 0 Å². The monoisotopic (exact) mass is 592 g/mol. The molecular weight excluding hydrogens is 556 g/mol. The van der Waals surface area contributed by atoms with E-state index >= 15 is 0 Å². The molecule has 2 atom stereocenters. The molecule has 0 bridgehead atoms. The first kappa shape index (κ1) is 31.6. The van der Waals surface area contributed by atoms with Gasteiger partial charge in [-0.25, -0.2) is 41.5 Å². The number of nitrogens with zero attached hydrogens (tertiary/aromatic N) is 2. The number of ether oxygens (including phenoxy) is 2. The standard InChI is InChI=1S/C22H26N2O2.2C5H5.2Fe/c1-13(2)19-11-25-21(23-19)17-9-5-7-15(17)16-8-6-10-18(16)22-24-20(12-26-22)14(3)4;2*1-2-4-5-3-1;;/h5-10,13-14,19-20H,11-12H2,1-4H3;2*1-5H;;/q-2;2*-1;2*+2/t19-,20-;;;;/m0..../s1. The molecule has 4 nitrogen and oxygen atoms in total. The minimum Gasteiger partial charge on any atom is -0.484 e. The molecule has 38 heavy (non-hydrogen) atoms. The third kappa shape index (κ3) is 8.19. The summed E-state index contributed by atoms with van der Waals surface area (Å²) in [5.74, 6) is 2.47. The van der Waals surface area contributed by atoms with E-state index in [4.69, 9.17) is 19.5 Å². The van der Waals surface area contributed by atoms with Crippen LogP contribution in [0.4, 0.5) is 0 Å². The second-order valence-corrected chi connectivity index (χ2v) is 9.74. The zero-order valence-corrected chi connectivity index (χ0v) is 24.6. The molecule has 202 valence electrons. The summed E-state index contributed by atoms with van der Waals surface area (Å²) >= 11 is 0. The van der Waals surface area contributed by atoms with Gasteiger partial charge in [-0.15, -0.1) is 5.56 Å². The molecule has 0 spiro atoms. The van der Waals surface area contributed by atoms with Crippen LogP contribution < -0.4 is 0 Å². The van der Waals surface area contributed by atoms with Crippen LogP contribution in [0.5, 0.6) is 0 Å². The molecule has 0 saturated carbocycles. The Morgan fingerprint density at radius 3 is 1.84 bits per heavy atom. The summed E-state index contributed by atoms with van der Waals surface area (Å²) in [6, 6.07) is 33.0. The maximum absolute atomic E-state index is 5.91. The van der Waals surface area contributed by atoms with E-state index in [0.29, 0.717) is 25.0 Å². The van der Waals surface area contributed by atoms with Gasteiger partial charge in [-0.2, -0.15) is 66.7 Å². The topological polar surface area (TPSA) is 43.2 Å². The van der Waals surface area contributed by atoms with Gasteiger partial charge < -0.3 is 9.47 Å². The Balaban J connectivity index is 0.000000354. The van der Waals surface area contributed by atoms with Crippen molar-refractivity contribution in [2.45, 2.75) is 39.8 Å². The Bertz CT molecular complexity index is 1080. The summed E-state index contributed by atoms with van der Waals surface area (Å²) in [7, 11) is 0. The molecule has 0 N–H and O–H groups in total. The van der Waals surface area contributed by atoms with E-state index < -0.39 is 0 Å². The van der Waals surface area contributed by atoms with Crippen LogP contribution in [0.15, 0.2) is 107 Å². The van der Waals surface area contributed by atoms with Crippen molar-refractivity contribution in [3.8, 4) is 11.1 Å². The molecule has 0 radical (unpaired) electrons. The first-order valence-electron chi connectivity index (χ1n) is 12.8. The van der Waals surface area contributed by atoms with E-state index in [1.165, 1.54) is 0 Å². The Kier molecular flexibility index (Phi) is 13.1. The SMILES string of the molecule is CC(C)[C@@H]1COC(c2cc[cH-]c2-c2ccc[c-]2C2=N[C@H](C(C)C)CO2)=N1.[Fe+2].[Fe+2].c1cc[cH-]c1.c1cc[cH-]c1. The van der Waals surface area contributed by atoms with E-state index in [9.17, 15) is 0 Å². The summed E-state index contributed by atoms with van der Waals surface area (Å²) < 4.78 is 11.8. The number of aliphatic imine (C=N–C) groups is 2. The van der Waals surface area contributed by atoms with Gasteiger partial charge in [0.1, 0.15) is 13.2 Å². The molecule has 0 saturated heterocycles. The van der Waals surface area contributed by atoms with E-state index in [1.54, 1.807) is 0 Å². The molecule has 2 heterocycles. The van der Waals surface area contributed by atoms with E-state index in [-0.39, 0.29) is 46.2 Å². The van der Waals surface area contributed by atoms with Gasteiger partial charge in [0.15, 0.2) is 11.8 Å². The predicted molar refractivity (Wildman–Crippen MR) is 149 cm³/mol. The Hall–Kier alpha value is -2.62. The molecule has 0 amide bonds. The fourth-order valence-corrected chi connectivity index (χ4v) is 4.08. The van der Waals surface area contributed by atoms with Crippen LogP contribution in [0.2, 0.25) is 0 Å². The molecular formula is C32H36Fe2N2O2. The van der Waals surface area contributed by atoms with Crippen molar-refractivity contribution in [1.29, 1.82) is 0 Å². The van der Waals surface area contributed by atoms with Gasteiger partial charge in [0.2, 0.25) is 0 Å². The third-order valence-corrected chi connectivity index (χ3v) is 6.38. The van der Waals surface area contributed by atoms with Crippen LogP contribution in [0, 0.1) is 11.8 Å². The minimum atomic E-state index is 0. The van der Waals surface area contributed by atoms with E-state index in [1.807, 2.05) is 60.7 Å². The average Bonchev–Trinajstić information content (AvgIpc) is 3.72. The summed E-state index contributed by atoms with van der Waals surface area (Å²) in [5, 5.41) is 0. The van der Waals surface area contributed by atoms with Gasteiger partial charge >= 0.3 is 34.1 Å². The molecule has 6 rings (SSSR count). The maximum atomic E-state index is 5.91. The van der Waals surface area contributed by atoms with Crippen LogP contribution in [0.1, 0.15) is 38.8 Å². The van der Waals surface area contributed by atoms with Gasteiger partial charge in [0.25, 0.3) is 0 Å². The van der Waals surface area contributed by atoms with Crippen LogP contribution in [0.25, 0.3) is 11.1 Å². The maximum Gasteiger partial charge on any atom is 2.00 e. The minimum absolute atomic E-state index is 0. The van der Waals surface area contributed by atoms with Crippen LogP contribution in [0.3, 0.4) is 0 Å². The van der Waals surface area contributed by atoms with Crippen LogP contribution >= 0.6 is 0 Å². The van der Waals surface area contributed by atoms with E-state index in [0.717, 1.165) is 34.0 Å². The summed E-state index contributed by atoms with van der Waals surface area (Å²) in [6.45, 7) is 10.1. The normalized spacial score (nSPS) is 17.5. The van der Waals surface area contributed by atoms with E-state index in [2.05, 4.69) is 64.1 Å². The summed E-state index contributed by atoms with van der Waals surface area (Å²) in [6.07, 6.45) is 0. The average molecular weight is 592 g/mol. The van der Waals surface area contributed by atoms with Gasteiger partial charge in [-0.3, -0.25) is 9.98 Å². The van der Waals surface area contributed by atoms with Crippen molar-refractivity contribution in [3.05, 3.63) is 108 Å². The predicted octanol–water partition coefficient (Wildman–Crippen LogP) is 7.20. The smallest absolute Gasteiger partial charge is 0.484 e. The Labute approximate surface area is 248 Å². The molecule has 2 aliphatic heterocycles. The molecule has 0 aliphatic carbocycles. The zero-order chi connectivity index (χ0) is 25.3. The van der Waals surface area contributed by atoms with Crippen LogP contribution in [-0.4, -0.2) is 37.1 Å². The Morgan fingerprint density at radius 1 is 0.763 bits per heavy atom. The first-order valence-corrected chi connectivity index (χ1v) is 12.8. The van der Waals surface area contributed by atoms with Crippen molar-refractivity contribution in [2.24, 2.45) is 21.8 Å². The molecule has 0 unspecified atom stereocenters. The summed E-state index contributed by atoms with van der Waals surface area (Å²) in [4.78, 5) is 9.59. The molecule has 0 fully saturated rings. The van der Waals surface area contributed by atoms with Crippen molar-refractivity contribution < 1.29 is 43.6 Å². The van der Waals surface area contributed by atoms with Crippen molar-refractivity contribution in [1.82, 2.24) is 0 Å². The molecule has 6 heteroatoms. The number of hydrogen-bond acceptors (Lipinski definition) is 4. The van der Waals surface area contributed by atoms with Crippen LogP contribution in [-0.2, 0) is 43.6 Å². The summed E-state index contributed by atoms with van der Waals surface area (Å²) in [5.41, 5.74) is 4.37. The van der Waals surface area contributed by atoms with Crippen molar-refractivity contribution in [2.75, 3.05) is 13.2 Å². The first-order chi connectivity index (χ1) is 17.5. The van der Waals surface area contributed by atoms with Gasteiger partial charge in [-0.05, 0) is 11.8 Å². The largest absolute Gasteiger partial charge is 2.00 e. The fourth-order valence-electron chi connectivity index (χ4n) is 4.08. The second-order valence-electron chi connectivity index (χ2n) is 9.74. The third-order valence-electron chi connectivity index (χ3n) is 6.38.